The molecule has 0 saturated carbocycles. The number of aromatic nitrogens is 2. The molecule has 0 atom stereocenters. The summed E-state index contributed by atoms with van der Waals surface area (Å²) in [7, 11) is 0. The summed E-state index contributed by atoms with van der Waals surface area (Å²) in [6.45, 7) is 0. The summed E-state index contributed by atoms with van der Waals surface area (Å²) < 4.78 is 0. The third-order valence-electron chi connectivity index (χ3n) is 4.11. The molecule has 4 heteroatoms. The second-order valence-electron chi connectivity index (χ2n) is 5.54. The monoisotopic (exact) mass is 310 g/mol. The lowest BCUT2D eigenvalue weighted by Gasteiger charge is -2.09. The lowest BCUT2D eigenvalue weighted by atomic mass is 9.98. The van der Waals surface area contributed by atoms with Gasteiger partial charge in [0.1, 0.15) is 17.5 Å². The van der Waals surface area contributed by atoms with Crippen LogP contribution in [0.2, 0.25) is 0 Å². The van der Waals surface area contributed by atoms with Gasteiger partial charge < -0.3 is 10.7 Å². The van der Waals surface area contributed by atoms with Gasteiger partial charge in [0.15, 0.2) is 0 Å². The molecule has 2 aromatic carbocycles. The number of rotatable bonds is 2. The van der Waals surface area contributed by atoms with E-state index in [0.29, 0.717) is 5.56 Å². The van der Waals surface area contributed by atoms with E-state index in [-0.39, 0.29) is 5.82 Å². The molecule has 4 rings (SSSR count). The topological polar surface area (TPSA) is 78.5 Å². The molecule has 4 aromatic rings. The Morgan fingerprint density at radius 3 is 2.50 bits per heavy atom. The summed E-state index contributed by atoms with van der Waals surface area (Å²) in [5.74, 6) is 0.249. The van der Waals surface area contributed by atoms with Gasteiger partial charge in [0.05, 0.1) is 5.69 Å². The molecule has 3 N–H and O–H groups in total. The molecule has 0 bridgehead atoms. The zero-order chi connectivity index (χ0) is 16.5. The first-order chi connectivity index (χ1) is 11.8. The van der Waals surface area contributed by atoms with Crippen molar-refractivity contribution in [3.05, 3.63) is 72.4 Å². The number of nitrogens with one attached hydrogen (secondary N) is 1. The van der Waals surface area contributed by atoms with Gasteiger partial charge in [0, 0.05) is 28.2 Å². The number of hydrogen-bond acceptors (Lipinski definition) is 3. The minimum atomic E-state index is 0.249. The van der Waals surface area contributed by atoms with Crippen LogP contribution in [0.1, 0.15) is 5.56 Å². The van der Waals surface area contributed by atoms with E-state index < -0.39 is 0 Å². The number of nitriles is 1. The van der Waals surface area contributed by atoms with Crippen LogP contribution in [-0.4, -0.2) is 9.97 Å². The van der Waals surface area contributed by atoms with E-state index in [2.05, 4.69) is 16.0 Å². The number of anilines is 1. The first kappa shape index (κ1) is 14.0. The van der Waals surface area contributed by atoms with Crippen LogP contribution in [0.25, 0.3) is 33.3 Å². The molecule has 0 spiro atoms. The van der Waals surface area contributed by atoms with Crippen LogP contribution in [-0.2, 0) is 0 Å². The Hall–Kier alpha value is -3.58. The molecule has 2 aromatic heterocycles. The minimum Gasteiger partial charge on any atom is -0.383 e. The van der Waals surface area contributed by atoms with Crippen molar-refractivity contribution in [1.82, 2.24) is 9.97 Å². The maximum Gasteiger partial charge on any atom is 0.142 e. The molecule has 0 amide bonds. The SMILES string of the molecule is N#Cc1c(-c2ccccc2)cc(-c2c[nH]c3ccccc23)nc1N. The number of hydrogen-bond donors (Lipinski definition) is 2. The lowest BCUT2D eigenvalue weighted by molar-refractivity contribution is 1.31. The highest BCUT2D eigenvalue weighted by molar-refractivity contribution is 5.96. The number of para-hydroxylation sites is 1. The van der Waals surface area contributed by atoms with Crippen LogP contribution >= 0.6 is 0 Å². The Morgan fingerprint density at radius 2 is 1.71 bits per heavy atom. The van der Waals surface area contributed by atoms with Crippen molar-refractivity contribution in [3.8, 4) is 28.5 Å². The van der Waals surface area contributed by atoms with Crippen molar-refractivity contribution >= 4 is 16.7 Å². The average molecular weight is 310 g/mol. The summed E-state index contributed by atoms with van der Waals surface area (Å²) in [4.78, 5) is 7.71. The van der Waals surface area contributed by atoms with E-state index in [1.54, 1.807) is 0 Å². The van der Waals surface area contributed by atoms with E-state index >= 15 is 0 Å². The van der Waals surface area contributed by atoms with E-state index in [4.69, 9.17) is 5.73 Å². The smallest absolute Gasteiger partial charge is 0.142 e. The number of nitrogens with two attached hydrogens (primary N) is 1. The molecular weight excluding hydrogens is 296 g/mol. The van der Waals surface area contributed by atoms with Gasteiger partial charge in [-0.05, 0) is 17.7 Å². The summed E-state index contributed by atoms with van der Waals surface area (Å²) >= 11 is 0. The second-order valence-corrected chi connectivity index (χ2v) is 5.54. The lowest BCUT2D eigenvalue weighted by Crippen LogP contribution is -1.99. The molecule has 0 radical (unpaired) electrons. The second kappa shape index (κ2) is 5.56. The van der Waals surface area contributed by atoms with Gasteiger partial charge in [-0.15, -0.1) is 0 Å². The summed E-state index contributed by atoms with van der Waals surface area (Å²) in [5, 5.41) is 10.6. The van der Waals surface area contributed by atoms with E-state index in [9.17, 15) is 5.26 Å². The highest BCUT2D eigenvalue weighted by Crippen LogP contribution is 2.33. The first-order valence-corrected chi connectivity index (χ1v) is 7.60. The van der Waals surface area contributed by atoms with Crippen molar-refractivity contribution in [2.45, 2.75) is 0 Å². The van der Waals surface area contributed by atoms with Gasteiger partial charge in [-0.2, -0.15) is 5.26 Å². The minimum absolute atomic E-state index is 0.249. The molecular formula is C20H14N4. The van der Waals surface area contributed by atoms with Crippen LogP contribution in [0, 0.1) is 11.3 Å². The fourth-order valence-corrected chi connectivity index (χ4v) is 2.95. The van der Waals surface area contributed by atoms with Crippen LogP contribution in [0.4, 0.5) is 5.82 Å². The molecule has 0 fully saturated rings. The van der Waals surface area contributed by atoms with Gasteiger partial charge in [-0.1, -0.05) is 48.5 Å². The number of fused-ring (bicyclic) bond motifs is 1. The Bertz CT molecular complexity index is 1070. The largest absolute Gasteiger partial charge is 0.383 e. The zero-order valence-electron chi connectivity index (χ0n) is 12.8. The zero-order valence-corrected chi connectivity index (χ0v) is 12.8. The standard InChI is InChI=1S/C20H14N4/c21-11-16-15(13-6-2-1-3-7-13)10-19(24-20(16)22)17-12-23-18-9-5-4-8-14(17)18/h1-10,12,23H,(H2,22,24). The normalized spacial score (nSPS) is 10.6. The summed E-state index contributed by atoms with van der Waals surface area (Å²) in [6.07, 6.45) is 1.92. The maximum absolute atomic E-state index is 9.48. The van der Waals surface area contributed by atoms with Gasteiger partial charge in [0.25, 0.3) is 0 Å². The number of aromatic amines is 1. The van der Waals surface area contributed by atoms with Gasteiger partial charge in [-0.25, -0.2) is 4.98 Å². The Kier molecular flexibility index (Phi) is 3.25. The first-order valence-electron chi connectivity index (χ1n) is 7.60. The van der Waals surface area contributed by atoms with Crippen molar-refractivity contribution < 1.29 is 0 Å². The van der Waals surface area contributed by atoms with E-state index in [1.807, 2.05) is 66.9 Å². The fraction of sp³-hybridized carbons (Fsp3) is 0. The molecule has 0 unspecified atom stereocenters. The van der Waals surface area contributed by atoms with Crippen molar-refractivity contribution in [2.24, 2.45) is 0 Å². The van der Waals surface area contributed by atoms with Gasteiger partial charge in [-0.3, -0.25) is 0 Å². The Morgan fingerprint density at radius 1 is 0.958 bits per heavy atom. The van der Waals surface area contributed by atoms with Crippen molar-refractivity contribution in [1.29, 1.82) is 5.26 Å². The Balaban J connectivity index is 1.98. The number of pyridine rings is 1. The molecule has 4 nitrogen and oxygen atoms in total. The summed E-state index contributed by atoms with van der Waals surface area (Å²) in [6, 6.07) is 21.9. The number of H-pyrrole nitrogens is 1. The predicted octanol–water partition coefficient (Wildman–Crippen LogP) is 4.35. The quantitative estimate of drug-likeness (QED) is 0.577. The number of nitrogen functional groups attached to an aromatic ring is 1. The molecule has 0 aliphatic heterocycles. The Labute approximate surface area is 139 Å². The molecule has 0 aliphatic carbocycles. The fourth-order valence-electron chi connectivity index (χ4n) is 2.95. The van der Waals surface area contributed by atoms with Crippen molar-refractivity contribution in [3.63, 3.8) is 0 Å². The molecule has 0 aliphatic rings. The average Bonchev–Trinajstić information content (AvgIpc) is 3.06. The maximum atomic E-state index is 9.48. The van der Waals surface area contributed by atoms with Crippen LogP contribution in [0.15, 0.2) is 66.9 Å². The highest BCUT2D eigenvalue weighted by Gasteiger charge is 2.15. The third-order valence-corrected chi connectivity index (χ3v) is 4.11. The van der Waals surface area contributed by atoms with Crippen LogP contribution in [0.3, 0.4) is 0 Å². The van der Waals surface area contributed by atoms with E-state index in [1.165, 1.54) is 0 Å². The third kappa shape index (κ3) is 2.20. The van der Waals surface area contributed by atoms with Crippen molar-refractivity contribution in [2.75, 3.05) is 5.73 Å². The van der Waals surface area contributed by atoms with Crippen LogP contribution in [0.5, 0.6) is 0 Å². The van der Waals surface area contributed by atoms with E-state index in [0.717, 1.165) is 33.3 Å². The highest BCUT2D eigenvalue weighted by atomic mass is 14.9. The number of nitrogens with zero attached hydrogens (tertiary/aromatic N) is 2. The van der Waals surface area contributed by atoms with Gasteiger partial charge >= 0.3 is 0 Å². The molecule has 24 heavy (non-hydrogen) atoms. The van der Waals surface area contributed by atoms with Crippen LogP contribution < -0.4 is 5.73 Å². The van der Waals surface area contributed by atoms with Gasteiger partial charge in [0.2, 0.25) is 0 Å². The summed E-state index contributed by atoms with van der Waals surface area (Å²) in [5.41, 5.74) is 11.0. The number of benzene rings is 2. The molecule has 0 saturated heterocycles. The molecule has 114 valence electrons. The molecule has 2 heterocycles. The predicted molar refractivity (Wildman–Crippen MR) is 96.1 cm³/mol.